The zero-order valence-corrected chi connectivity index (χ0v) is 11.4. The molecule has 2 aliphatic rings. The van der Waals surface area contributed by atoms with Gasteiger partial charge in [0.25, 0.3) is 0 Å². The highest BCUT2D eigenvalue weighted by Gasteiger charge is 2.33. The van der Waals surface area contributed by atoms with E-state index in [1.54, 1.807) is 0 Å². The molecule has 0 aromatic heterocycles. The fraction of sp³-hybridized carbons (Fsp3) is 0.909. The Hall–Kier alpha value is -0.660. The molecule has 18 heavy (non-hydrogen) atoms. The largest absolute Gasteiger partial charge is 0.363 e. The van der Waals surface area contributed by atoms with Crippen LogP contribution in [0.4, 0.5) is 0 Å². The van der Waals surface area contributed by atoms with Gasteiger partial charge >= 0.3 is 0 Å². The zero-order valence-electron chi connectivity index (χ0n) is 10.6. The summed E-state index contributed by atoms with van der Waals surface area (Å²) < 4.78 is 28.3. The fourth-order valence-electron chi connectivity index (χ4n) is 2.22. The Morgan fingerprint density at radius 3 is 2.78 bits per heavy atom. The molecule has 0 bridgehead atoms. The van der Waals surface area contributed by atoms with E-state index in [2.05, 4.69) is 10.6 Å². The van der Waals surface area contributed by atoms with Crippen LogP contribution in [-0.4, -0.2) is 57.2 Å². The first-order valence-electron chi connectivity index (χ1n) is 6.23. The Labute approximate surface area is 107 Å². The third-order valence-electron chi connectivity index (χ3n) is 3.38. The van der Waals surface area contributed by atoms with Crippen molar-refractivity contribution in [2.24, 2.45) is 0 Å². The second kappa shape index (κ2) is 5.14. The Morgan fingerprint density at radius 1 is 1.50 bits per heavy atom. The van der Waals surface area contributed by atoms with Crippen LogP contribution >= 0.6 is 0 Å². The minimum absolute atomic E-state index is 0.00523. The number of amides is 1. The van der Waals surface area contributed by atoms with Crippen molar-refractivity contribution in [2.75, 3.05) is 31.2 Å². The van der Waals surface area contributed by atoms with E-state index in [0.717, 1.165) is 19.5 Å². The van der Waals surface area contributed by atoms with Crippen molar-refractivity contribution in [1.82, 2.24) is 10.6 Å². The molecule has 6 nitrogen and oxygen atoms in total. The molecule has 0 saturated carbocycles. The number of nitrogens with one attached hydrogen (secondary N) is 2. The van der Waals surface area contributed by atoms with Crippen LogP contribution in [0, 0.1) is 0 Å². The van der Waals surface area contributed by atoms with E-state index in [-0.39, 0.29) is 35.7 Å². The van der Waals surface area contributed by atoms with Crippen molar-refractivity contribution in [2.45, 2.75) is 31.4 Å². The van der Waals surface area contributed by atoms with Crippen molar-refractivity contribution >= 4 is 15.7 Å². The second-order valence-electron chi connectivity index (χ2n) is 5.36. The maximum absolute atomic E-state index is 11.7. The number of ether oxygens (including phenoxy) is 1. The van der Waals surface area contributed by atoms with Gasteiger partial charge in [-0.15, -0.1) is 0 Å². The van der Waals surface area contributed by atoms with E-state index in [4.69, 9.17) is 4.74 Å². The molecule has 2 N–H and O–H groups in total. The fourth-order valence-corrected chi connectivity index (χ4v) is 3.86. The Bertz CT molecular complexity index is 417. The Balaban J connectivity index is 1.73. The van der Waals surface area contributed by atoms with Crippen LogP contribution in [0.5, 0.6) is 0 Å². The first-order chi connectivity index (χ1) is 8.39. The number of sulfone groups is 1. The molecule has 1 amide bonds. The number of hydrogen-bond donors (Lipinski definition) is 2. The molecule has 2 rings (SSSR count). The molecule has 104 valence electrons. The third-order valence-corrected chi connectivity index (χ3v) is 5.20. The molecule has 2 aliphatic heterocycles. The van der Waals surface area contributed by atoms with Gasteiger partial charge in [-0.25, -0.2) is 8.42 Å². The lowest BCUT2D eigenvalue weighted by Crippen LogP contribution is -2.60. The number of carbonyl (C=O) groups is 1. The van der Waals surface area contributed by atoms with Crippen LogP contribution in [-0.2, 0) is 19.4 Å². The van der Waals surface area contributed by atoms with Gasteiger partial charge in [0.1, 0.15) is 6.61 Å². The summed E-state index contributed by atoms with van der Waals surface area (Å²) in [7, 11) is -2.98. The summed E-state index contributed by atoms with van der Waals surface area (Å²) in [6, 6.07) is -0.257. The van der Waals surface area contributed by atoms with E-state index in [1.165, 1.54) is 0 Å². The van der Waals surface area contributed by atoms with E-state index in [0.29, 0.717) is 6.42 Å². The van der Waals surface area contributed by atoms with E-state index >= 15 is 0 Å². The van der Waals surface area contributed by atoms with E-state index in [1.807, 2.05) is 6.92 Å². The van der Waals surface area contributed by atoms with Gasteiger partial charge in [0, 0.05) is 19.1 Å². The maximum atomic E-state index is 11.7. The predicted molar refractivity (Wildman–Crippen MR) is 67.0 cm³/mol. The van der Waals surface area contributed by atoms with Gasteiger partial charge in [-0.3, -0.25) is 4.79 Å². The highest BCUT2D eigenvalue weighted by molar-refractivity contribution is 7.91. The third kappa shape index (κ3) is 3.66. The summed E-state index contributed by atoms with van der Waals surface area (Å²) in [5.74, 6) is 0.0576. The standard InChI is InChI=1S/C11H20N2O4S/c1-11(7-12-8-11)17-5-10(14)13-9-3-2-4-18(15,16)6-9/h9,12H,2-8H2,1H3,(H,13,14). The summed E-state index contributed by atoms with van der Waals surface area (Å²) in [5, 5.41) is 5.81. The average molecular weight is 276 g/mol. The number of rotatable bonds is 4. The van der Waals surface area contributed by atoms with Crippen molar-refractivity contribution in [3.63, 3.8) is 0 Å². The Morgan fingerprint density at radius 2 is 2.22 bits per heavy atom. The number of carbonyl (C=O) groups excluding carboxylic acids is 1. The van der Waals surface area contributed by atoms with Crippen LogP contribution in [0.3, 0.4) is 0 Å². The van der Waals surface area contributed by atoms with Crippen molar-refractivity contribution in [1.29, 1.82) is 0 Å². The molecule has 0 aromatic rings. The summed E-state index contributed by atoms with van der Waals surface area (Å²) >= 11 is 0. The summed E-state index contributed by atoms with van der Waals surface area (Å²) in [4.78, 5) is 11.7. The van der Waals surface area contributed by atoms with Crippen molar-refractivity contribution in [3.05, 3.63) is 0 Å². The van der Waals surface area contributed by atoms with Crippen LogP contribution in [0.25, 0.3) is 0 Å². The summed E-state index contributed by atoms with van der Waals surface area (Å²) in [5.41, 5.74) is -0.254. The molecule has 1 unspecified atom stereocenters. The SMILES string of the molecule is CC1(OCC(=O)NC2CCCS(=O)(=O)C2)CNC1. The van der Waals surface area contributed by atoms with Crippen molar-refractivity contribution in [3.8, 4) is 0 Å². The first-order valence-corrected chi connectivity index (χ1v) is 8.05. The zero-order chi connectivity index (χ0) is 13.2. The topological polar surface area (TPSA) is 84.5 Å². The number of hydrogen-bond acceptors (Lipinski definition) is 5. The molecule has 1 atom stereocenters. The summed E-state index contributed by atoms with van der Waals surface area (Å²) in [6.07, 6.45) is 1.35. The van der Waals surface area contributed by atoms with Crippen LogP contribution in [0.15, 0.2) is 0 Å². The van der Waals surface area contributed by atoms with Gasteiger partial charge in [-0.2, -0.15) is 0 Å². The van der Waals surface area contributed by atoms with Gasteiger partial charge in [0.15, 0.2) is 9.84 Å². The quantitative estimate of drug-likeness (QED) is 0.692. The average Bonchev–Trinajstić information content (AvgIpc) is 2.22. The van der Waals surface area contributed by atoms with Crippen LogP contribution in [0.1, 0.15) is 19.8 Å². The lowest BCUT2D eigenvalue weighted by Gasteiger charge is -2.38. The lowest BCUT2D eigenvalue weighted by atomic mass is 10.0. The smallest absolute Gasteiger partial charge is 0.246 e. The molecule has 2 heterocycles. The molecular weight excluding hydrogens is 256 g/mol. The first kappa shape index (κ1) is 13.8. The van der Waals surface area contributed by atoms with Gasteiger partial charge in [0.05, 0.1) is 17.1 Å². The van der Waals surface area contributed by atoms with Gasteiger partial charge in [-0.05, 0) is 19.8 Å². The molecule has 2 fully saturated rings. The highest BCUT2D eigenvalue weighted by atomic mass is 32.2. The van der Waals surface area contributed by atoms with Crippen LogP contribution in [0.2, 0.25) is 0 Å². The molecule has 0 aromatic carbocycles. The Kier molecular flexibility index (Phi) is 3.93. The predicted octanol–water partition coefficient (Wildman–Crippen LogP) is -0.942. The van der Waals surface area contributed by atoms with Gasteiger partial charge in [0.2, 0.25) is 5.91 Å². The monoisotopic (exact) mass is 276 g/mol. The highest BCUT2D eigenvalue weighted by Crippen LogP contribution is 2.15. The molecule has 0 radical (unpaired) electrons. The van der Waals surface area contributed by atoms with Gasteiger partial charge < -0.3 is 15.4 Å². The molecule has 0 spiro atoms. The minimum Gasteiger partial charge on any atom is -0.363 e. The van der Waals surface area contributed by atoms with Gasteiger partial charge in [-0.1, -0.05) is 0 Å². The van der Waals surface area contributed by atoms with Crippen LogP contribution < -0.4 is 10.6 Å². The molecule has 0 aliphatic carbocycles. The second-order valence-corrected chi connectivity index (χ2v) is 7.59. The summed E-state index contributed by atoms with van der Waals surface area (Å²) in [6.45, 7) is 3.44. The lowest BCUT2D eigenvalue weighted by molar-refractivity contribution is -0.136. The van der Waals surface area contributed by atoms with Crippen molar-refractivity contribution < 1.29 is 17.9 Å². The maximum Gasteiger partial charge on any atom is 0.246 e. The molecule has 7 heteroatoms. The van der Waals surface area contributed by atoms with E-state index in [9.17, 15) is 13.2 Å². The minimum atomic E-state index is -2.98. The van der Waals surface area contributed by atoms with E-state index < -0.39 is 9.84 Å². The molecular formula is C11H20N2O4S. The normalized spacial score (nSPS) is 29.3. The molecule has 2 saturated heterocycles.